The van der Waals surface area contributed by atoms with Crippen molar-refractivity contribution in [3.63, 3.8) is 0 Å². The van der Waals surface area contributed by atoms with E-state index in [1.54, 1.807) is 12.4 Å². The van der Waals surface area contributed by atoms with Crippen molar-refractivity contribution < 1.29 is 4.74 Å². The number of hydrogen-bond donors (Lipinski definition) is 1. The minimum atomic E-state index is 0.200. The molecule has 2 heterocycles. The van der Waals surface area contributed by atoms with E-state index in [0.29, 0.717) is 0 Å². The van der Waals surface area contributed by atoms with Gasteiger partial charge in [-0.2, -0.15) is 0 Å². The Hall–Kier alpha value is -1.00. The Balaban J connectivity index is 2.03. The lowest BCUT2D eigenvalue weighted by Gasteiger charge is -2.27. The fourth-order valence-electron chi connectivity index (χ4n) is 1.62. The Morgan fingerprint density at radius 2 is 2.29 bits per heavy atom. The van der Waals surface area contributed by atoms with Gasteiger partial charge in [-0.15, -0.1) is 0 Å². The van der Waals surface area contributed by atoms with Gasteiger partial charge in [-0.05, 0) is 6.07 Å². The van der Waals surface area contributed by atoms with Crippen LogP contribution in [0.15, 0.2) is 18.5 Å². The number of nitrogens with one attached hydrogen (secondary N) is 1. The summed E-state index contributed by atoms with van der Waals surface area (Å²) in [6.07, 6.45) is 3.75. The van der Waals surface area contributed by atoms with Crippen molar-refractivity contribution in [2.75, 3.05) is 19.7 Å². The first-order chi connectivity index (χ1) is 6.88. The van der Waals surface area contributed by atoms with Crippen LogP contribution in [-0.2, 0) is 4.74 Å². The lowest BCUT2D eigenvalue weighted by molar-refractivity contribution is 0.0130. The van der Waals surface area contributed by atoms with E-state index >= 15 is 0 Å². The van der Waals surface area contributed by atoms with E-state index in [9.17, 15) is 0 Å². The van der Waals surface area contributed by atoms with Crippen LogP contribution in [0.4, 0.5) is 0 Å². The van der Waals surface area contributed by atoms with Crippen molar-refractivity contribution in [1.82, 2.24) is 15.3 Å². The van der Waals surface area contributed by atoms with Crippen LogP contribution in [0, 0.1) is 0 Å². The lowest BCUT2D eigenvalue weighted by Crippen LogP contribution is -2.41. The number of nitrogens with zero attached hydrogens (tertiary/aromatic N) is 2. The van der Waals surface area contributed by atoms with Gasteiger partial charge in [0, 0.05) is 31.4 Å². The van der Waals surface area contributed by atoms with Gasteiger partial charge >= 0.3 is 0 Å². The van der Waals surface area contributed by atoms with Crippen molar-refractivity contribution in [1.29, 1.82) is 0 Å². The summed E-state index contributed by atoms with van der Waals surface area (Å²) in [4.78, 5) is 8.47. The van der Waals surface area contributed by atoms with Crippen LogP contribution in [0.5, 0.6) is 0 Å². The average molecular weight is 193 g/mol. The second-order valence-electron chi connectivity index (χ2n) is 3.51. The van der Waals surface area contributed by atoms with E-state index in [-0.39, 0.29) is 12.0 Å². The molecule has 2 unspecified atom stereocenters. The molecule has 1 saturated heterocycles. The molecule has 0 aliphatic carbocycles. The van der Waals surface area contributed by atoms with Gasteiger partial charge in [0.2, 0.25) is 0 Å². The molecule has 0 amide bonds. The molecule has 0 spiro atoms. The predicted octanol–water partition coefficient (Wildman–Crippen LogP) is 0.568. The number of rotatable bonds is 2. The molecule has 0 aromatic carbocycles. The highest BCUT2D eigenvalue weighted by atomic mass is 16.5. The molecule has 1 aromatic heterocycles. The van der Waals surface area contributed by atoms with Crippen LogP contribution in [0.1, 0.15) is 18.7 Å². The molecule has 14 heavy (non-hydrogen) atoms. The summed E-state index contributed by atoms with van der Waals surface area (Å²) in [5.41, 5.74) is 0. The number of morpholine rings is 1. The third-order valence-electron chi connectivity index (χ3n) is 2.51. The Labute approximate surface area is 83.7 Å². The van der Waals surface area contributed by atoms with Gasteiger partial charge in [-0.1, -0.05) is 6.92 Å². The van der Waals surface area contributed by atoms with E-state index < -0.39 is 0 Å². The average Bonchev–Trinajstić information content (AvgIpc) is 2.30. The largest absolute Gasteiger partial charge is 0.375 e. The highest BCUT2D eigenvalue weighted by Crippen LogP contribution is 2.18. The van der Waals surface area contributed by atoms with Crippen LogP contribution in [0.3, 0.4) is 0 Å². The second kappa shape index (κ2) is 4.48. The van der Waals surface area contributed by atoms with E-state index in [1.165, 1.54) is 0 Å². The van der Waals surface area contributed by atoms with E-state index in [4.69, 9.17) is 4.74 Å². The van der Waals surface area contributed by atoms with Crippen molar-refractivity contribution >= 4 is 0 Å². The monoisotopic (exact) mass is 193 g/mol. The zero-order valence-electron chi connectivity index (χ0n) is 8.31. The molecule has 1 aliphatic rings. The quantitative estimate of drug-likeness (QED) is 0.746. The molecule has 1 fully saturated rings. The lowest BCUT2D eigenvalue weighted by atomic mass is 10.0. The van der Waals surface area contributed by atoms with Crippen molar-refractivity contribution in [2.24, 2.45) is 0 Å². The molecular formula is C10H15N3O. The predicted molar refractivity (Wildman–Crippen MR) is 53.1 cm³/mol. The molecule has 0 saturated carbocycles. The SMILES string of the molecule is CC(c1ncccn1)C1CNCCO1. The maximum absolute atomic E-state index is 5.65. The highest BCUT2D eigenvalue weighted by molar-refractivity contribution is 4.99. The van der Waals surface area contributed by atoms with Gasteiger partial charge in [0.1, 0.15) is 5.82 Å². The van der Waals surface area contributed by atoms with E-state index in [0.717, 1.165) is 25.5 Å². The molecule has 1 aromatic rings. The molecule has 4 heteroatoms. The van der Waals surface area contributed by atoms with Gasteiger partial charge in [0.25, 0.3) is 0 Å². The third-order valence-corrected chi connectivity index (χ3v) is 2.51. The summed E-state index contributed by atoms with van der Waals surface area (Å²) < 4.78 is 5.65. The van der Waals surface area contributed by atoms with Gasteiger partial charge in [0.05, 0.1) is 12.7 Å². The molecule has 0 bridgehead atoms. The third kappa shape index (κ3) is 2.08. The van der Waals surface area contributed by atoms with E-state index in [1.807, 2.05) is 6.07 Å². The first-order valence-electron chi connectivity index (χ1n) is 4.97. The van der Waals surface area contributed by atoms with Crippen LogP contribution >= 0.6 is 0 Å². The molecule has 1 N–H and O–H groups in total. The number of ether oxygens (including phenoxy) is 1. The van der Waals surface area contributed by atoms with Gasteiger partial charge in [0.15, 0.2) is 0 Å². The standard InChI is InChI=1S/C10H15N3O/c1-8(9-7-11-5-6-14-9)10-12-3-2-4-13-10/h2-4,8-9,11H,5-7H2,1H3. The van der Waals surface area contributed by atoms with Crippen molar-refractivity contribution in [3.05, 3.63) is 24.3 Å². The topological polar surface area (TPSA) is 47.0 Å². The molecule has 0 radical (unpaired) electrons. The van der Waals surface area contributed by atoms with Crippen LogP contribution < -0.4 is 5.32 Å². The summed E-state index contributed by atoms with van der Waals surface area (Å²) >= 11 is 0. The Kier molecular flexibility index (Phi) is 3.06. The van der Waals surface area contributed by atoms with E-state index in [2.05, 4.69) is 22.2 Å². The van der Waals surface area contributed by atoms with Crippen molar-refractivity contribution in [3.8, 4) is 0 Å². The fourth-order valence-corrected chi connectivity index (χ4v) is 1.62. The summed E-state index contributed by atoms with van der Waals surface area (Å²) in [5, 5.41) is 3.30. The maximum atomic E-state index is 5.65. The summed E-state index contributed by atoms with van der Waals surface area (Å²) in [7, 11) is 0. The smallest absolute Gasteiger partial charge is 0.133 e. The normalized spacial score (nSPS) is 24.5. The molecule has 2 rings (SSSR count). The molecular weight excluding hydrogens is 178 g/mol. The maximum Gasteiger partial charge on any atom is 0.133 e. The highest BCUT2D eigenvalue weighted by Gasteiger charge is 2.23. The fraction of sp³-hybridized carbons (Fsp3) is 0.600. The van der Waals surface area contributed by atoms with Crippen LogP contribution in [0.2, 0.25) is 0 Å². The summed E-state index contributed by atoms with van der Waals surface area (Å²) in [5.74, 6) is 1.12. The van der Waals surface area contributed by atoms with Crippen molar-refractivity contribution in [2.45, 2.75) is 18.9 Å². The van der Waals surface area contributed by atoms with Gasteiger partial charge in [-0.25, -0.2) is 9.97 Å². The Bertz CT molecular complexity index is 272. The summed E-state index contributed by atoms with van der Waals surface area (Å²) in [6.45, 7) is 4.72. The molecule has 1 aliphatic heterocycles. The zero-order valence-corrected chi connectivity index (χ0v) is 8.31. The summed E-state index contributed by atoms with van der Waals surface area (Å²) in [6, 6.07) is 1.83. The number of aromatic nitrogens is 2. The minimum Gasteiger partial charge on any atom is -0.375 e. The molecule has 76 valence electrons. The van der Waals surface area contributed by atoms with Crippen LogP contribution in [-0.4, -0.2) is 35.8 Å². The Morgan fingerprint density at radius 1 is 1.50 bits per heavy atom. The first-order valence-corrected chi connectivity index (χ1v) is 4.97. The zero-order chi connectivity index (χ0) is 9.80. The Morgan fingerprint density at radius 3 is 2.93 bits per heavy atom. The number of hydrogen-bond acceptors (Lipinski definition) is 4. The van der Waals surface area contributed by atoms with Crippen LogP contribution in [0.25, 0.3) is 0 Å². The molecule has 2 atom stereocenters. The second-order valence-corrected chi connectivity index (χ2v) is 3.51. The minimum absolute atomic E-state index is 0.200. The van der Waals surface area contributed by atoms with Gasteiger partial charge < -0.3 is 10.1 Å². The van der Waals surface area contributed by atoms with Gasteiger partial charge in [-0.3, -0.25) is 0 Å². The first kappa shape index (κ1) is 9.55. The molecule has 4 nitrogen and oxygen atoms in total.